The number of amides is 2. The zero-order valence-corrected chi connectivity index (χ0v) is 21.0. The number of carbonyl (C=O) groups is 3. The highest BCUT2D eigenvalue weighted by atomic mass is 79.9. The van der Waals surface area contributed by atoms with Gasteiger partial charge in [0.1, 0.15) is 17.0 Å². The van der Waals surface area contributed by atoms with E-state index in [-0.39, 0.29) is 23.8 Å². The standard InChI is InChI=1S/C13H26N2O3.C7H14BrNO2/c1-9(2)11(10(3)16)14-7-8-15-12(17)18-13(4,5)6;1-7(2,3)11-6(10)9-5-4-8/h9,11,14H,7-8H2,1-6H3,(H,15,17);4-5H2,1-3H3,(H,9,10)/t11-;/m0./s1. The van der Waals surface area contributed by atoms with Gasteiger partial charge in [-0.2, -0.15) is 0 Å². The van der Waals surface area contributed by atoms with E-state index in [1.54, 1.807) is 6.92 Å². The van der Waals surface area contributed by atoms with E-state index in [1.807, 2.05) is 55.4 Å². The van der Waals surface area contributed by atoms with Crippen LogP contribution in [-0.4, -0.2) is 60.2 Å². The Morgan fingerprint density at radius 3 is 1.55 bits per heavy atom. The molecule has 0 saturated carbocycles. The van der Waals surface area contributed by atoms with Crippen molar-refractivity contribution in [2.75, 3.05) is 25.0 Å². The maximum absolute atomic E-state index is 11.3. The molecule has 0 aromatic carbocycles. The number of hydrogen-bond donors (Lipinski definition) is 3. The first kappa shape index (κ1) is 29.8. The van der Waals surface area contributed by atoms with Gasteiger partial charge in [0.25, 0.3) is 0 Å². The molecule has 172 valence electrons. The van der Waals surface area contributed by atoms with Crippen LogP contribution < -0.4 is 16.0 Å². The third-order valence-electron chi connectivity index (χ3n) is 3.02. The molecule has 0 bridgehead atoms. The molecular weight excluding hydrogens is 442 g/mol. The van der Waals surface area contributed by atoms with Crippen molar-refractivity contribution in [2.45, 2.75) is 79.6 Å². The molecule has 0 spiro atoms. The van der Waals surface area contributed by atoms with Gasteiger partial charge in [0, 0.05) is 25.0 Å². The molecular formula is C20H40BrN3O5. The molecule has 0 rings (SSSR count). The van der Waals surface area contributed by atoms with Gasteiger partial charge in [-0.1, -0.05) is 29.8 Å². The maximum atomic E-state index is 11.3. The third-order valence-corrected chi connectivity index (χ3v) is 3.42. The van der Waals surface area contributed by atoms with Gasteiger partial charge < -0.3 is 25.4 Å². The van der Waals surface area contributed by atoms with Crippen molar-refractivity contribution in [2.24, 2.45) is 5.92 Å². The zero-order valence-electron chi connectivity index (χ0n) is 19.4. The number of ether oxygens (including phenoxy) is 2. The maximum Gasteiger partial charge on any atom is 0.407 e. The van der Waals surface area contributed by atoms with Crippen LogP contribution in [0.4, 0.5) is 9.59 Å². The second-order valence-electron chi connectivity index (χ2n) is 8.83. The molecule has 8 nitrogen and oxygen atoms in total. The summed E-state index contributed by atoms with van der Waals surface area (Å²) in [5.74, 6) is 0.353. The normalized spacial score (nSPS) is 12.4. The predicted molar refractivity (Wildman–Crippen MR) is 120 cm³/mol. The highest BCUT2D eigenvalue weighted by Gasteiger charge is 2.18. The van der Waals surface area contributed by atoms with Crippen molar-refractivity contribution >= 4 is 33.9 Å². The number of ketones is 1. The summed E-state index contributed by atoms with van der Waals surface area (Å²) >= 11 is 3.19. The molecule has 0 saturated heterocycles. The number of halogens is 1. The van der Waals surface area contributed by atoms with Crippen LogP contribution >= 0.6 is 15.9 Å². The number of carbonyl (C=O) groups excluding carboxylic acids is 3. The summed E-state index contributed by atoms with van der Waals surface area (Å²) in [6, 6.07) is -0.162. The Labute approximate surface area is 184 Å². The first-order chi connectivity index (χ1) is 13.1. The van der Waals surface area contributed by atoms with E-state index < -0.39 is 17.3 Å². The van der Waals surface area contributed by atoms with Crippen LogP contribution in [0.25, 0.3) is 0 Å². The Balaban J connectivity index is 0. The zero-order chi connectivity index (χ0) is 23.3. The minimum absolute atomic E-state index is 0.113. The van der Waals surface area contributed by atoms with Crippen molar-refractivity contribution in [1.29, 1.82) is 0 Å². The third kappa shape index (κ3) is 21.2. The lowest BCUT2D eigenvalue weighted by atomic mass is 10.0. The summed E-state index contributed by atoms with van der Waals surface area (Å²) in [7, 11) is 0. The Hall–Kier alpha value is -1.35. The fraction of sp³-hybridized carbons (Fsp3) is 0.850. The second kappa shape index (κ2) is 14.6. The SMILES string of the molecule is CC(=O)[C@@H](NCCNC(=O)OC(C)(C)C)C(C)C.CC(C)(C)OC(=O)NCCBr. The van der Waals surface area contributed by atoms with Crippen LogP contribution in [0.2, 0.25) is 0 Å². The van der Waals surface area contributed by atoms with Crippen LogP contribution in [0.3, 0.4) is 0 Å². The largest absolute Gasteiger partial charge is 0.444 e. The topological polar surface area (TPSA) is 106 Å². The van der Waals surface area contributed by atoms with Gasteiger partial charge in [-0.25, -0.2) is 9.59 Å². The van der Waals surface area contributed by atoms with Crippen molar-refractivity contribution in [3.05, 3.63) is 0 Å². The van der Waals surface area contributed by atoms with Gasteiger partial charge in [0.15, 0.2) is 0 Å². The lowest BCUT2D eigenvalue weighted by molar-refractivity contribution is -0.119. The summed E-state index contributed by atoms with van der Waals surface area (Å²) in [5, 5.41) is 9.08. The first-order valence-corrected chi connectivity index (χ1v) is 10.9. The van der Waals surface area contributed by atoms with Gasteiger partial charge in [0.05, 0.1) is 6.04 Å². The van der Waals surface area contributed by atoms with E-state index in [0.29, 0.717) is 19.6 Å². The summed E-state index contributed by atoms with van der Waals surface area (Å²) in [4.78, 5) is 33.5. The highest BCUT2D eigenvalue weighted by molar-refractivity contribution is 9.09. The molecule has 9 heteroatoms. The lowest BCUT2D eigenvalue weighted by Gasteiger charge is -2.21. The van der Waals surface area contributed by atoms with E-state index in [4.69, 9.17) is 9.47 Å². The monoisotopic (exact) mass is 481 g/mol. The minimum atomic E-state index is -0.489. The van der Waals surface area contributed by atoms with E-state index in [9.17, 15) is 14.4 Å². The number of rotatable bonds is 8. The van der Waals surface area contributed by atoms with Crippen molar-refractivity contribution in [3.63, 3.8) is 0 Å². The Bertz CT molecular complexity index is 499. The Morgan fingerprint density at radius 2 is 1.24 bits per heavy atom. The van der Waals surface area contributed by atoms with E-state index in [0.717, 1.165) is 5.33 Å². The van der Waals surface area contributed by atoms with Crippen LogP contribution in [0.15, 0.2) is 0 Å². The summed E-state index contributed by atoms with van der Waals surface area (Å²) in [5.41, 5.74) is -0.895. The molecule has 0 aliphatic rings. The number of alkyl carbamates (subject to hydrolysis) is 2. The molecule has 0 unspecified atom stereocenters. The fourth-order valence-corrected chi connectivity index (χ4v) is 2.22. The molecule has 0 aromatic heterocycles. The number of nitrogens with one attached hydrogen (secondary N) is 3. The van der Waals surface area contributed by atoms with E-state index in [1.165, 1.54) is 0 Å². The lowest BCUT2D eigenvalue weighted by Crippen LogP contribution is -2.44. The molecule has 29 heavy (non-hydrogen) atoms. The second-order valence-corrected chi connectivity index (χ2v) is 9.63. The Morgan fingerprint density at radius 1 is 0.828 bits per heavy atom. The van der Waals surface area contributed by atoms with Crippen molar-refractivity contribution in [1.82, 2.24) is 16.0 Å². The summed E-state index contributed by atoms with van der Waals surface area (Å²) in [6.07, 6.45) is -0.801. The van der Waals surface area contributed by atoms with Crippen LogP contribution in [0.1, 0.15) is 62.3 Å². The van der Waals surface area contributed by atoms with Crippen LogP contribution in [-0.2, 0) is 14.3 Å². The van der Waals surface area contributed by atoms with Gasteiger partial charge in [0.2, 0.25) is 0 Å². The van der Waals surface area contributed by atoms with Crippen molar-refractivity contribution in [3.8, 4) is 0 Å². The number of hydrogen-bond acceptors (Lipinski definition) is 6. The fourth-order valence-electron chi connectivity index (χ4n) is 2.02. The van der Waals surface area contributed by atoms with E-state index >= 15 is 0 Å². The summed E-state index contributed by atoms with van der Waals surface area (Å²) in [6.45, 7) is 18.1. The minimum Gasteiger partial charge on any atom is -0.444 e. The van der Waals surface area contributed by atoms with Crippen LogP contribution in [0.5, 0.6) is 0 Å². The molecule has 0 aliphatic heterocycles. The molecule has 0 fully saturated rings. The molecule has 2 amide bonds. The average Bonchev–Trinajstić information content (AvgIpc) is 2.49. The molecule has 0 heterocycles. The predicted octanol–water partition coefficient (Wildman–Crippen LogP) is 3.62. The summed E-state index contributed by atoms with van der Waals surface area (Å²) < 4.78 is 10.1. The molecule has 3 N–H and O–H groups in total. The smallest absolute Gasteiger partial charge is 0.407 e. The number of Topliss-reactive ketones (excluding diaryl/α,β-unsaturated/α-hetero) is 1. The van der Waals surface area contributed by atoms with Gasteiger partial charge in [-0.05, 0) is 54.4 Å². The first-order valence-electron chi connectivity index (χ1n) is 9.82. The molecule has 1 atom stereocenters. The van der Waals surface area contributed by atoms with Crippen LogP contribution in [0, 0.1) is 5.92 Å². The quantitative estimate of drug-likeness (QED) is 0.361. The Kier molecular flexibility index (Phi) is 15.0. The highest BCUT2D eigenvalue weighted by Crippen LogP contribution is 2.07. The van der Waals surface area contributed by atoms with Gasteiger partial charge >= 0.3 is 12.2 Å². The van der Waals surface area contributed by atoms with Gasteiger partial charge in [-0.3, -0.25) is 4.79 Å². The molecule has 0 aliphatic carbocycles. The average molecular weight is 482 g/mol. The van der Waals surface area contributed by atoms with Gasteiger partial charge in [-0.15, -0.1) is 0 Å². The van der Waals surface area contributed by atoms with Crippen molar-refractivity contribution < 1.29 is 23.9 Å². The molecule has 0 radical (unpaired) electrons. The molecule has 0 aromatic rings. The number of alkyl halides is 1. The van der Waals surface area contributed by atoms with E-state index in [2.05, 4.69) is 31.9 Å².